The van der Waals surface area contributed by atoms with Crippen LogP contribution in [-0.4, -0.2) is 22.5 Å². The van der Waals surface area contributed by atoms with Crippen LogP contribution in [0, 0.1) is 0 Å². The number of aromatic amines is 1. The second-order valence-electron chi connectivity index (χ2n) is 3.76. The van der Waals surface area contributed by atoms with Crippen LogP contribution in [0.5, 0.6) is 0 Å². The zero-order valence-electron chi connectivity index (χ0n) is 8.45. The largest absolute Gasteiger partial charge is 0.327 e. The number of H-pyrrole nitrogens is 1. The highest BCUT2D eigenvalue weighted by atomic mass is 35.5. The van der Waals surface area contributed by atoms with Crippen LogP contribution in [0.15, 0.2) is 16.9 Å². The number of carbonyl (C=O) groups excluding carboxylic acids is 1. The van der Waals surface area contributed by atoms with Gasteiger partial charge in [-0.15, -0.1) is 0 Å². The molecule has 0 aliphatic carbocycles. The predicted molar refractivity (Wildman–Crippen MR) is 61.0 cm³/mol. The second kappa shape index (κ2) is 2.89. The Labute approximate surface area is 95.2 Å². The number of benzene rings is 1. The van der Waals surface area contributed by atoms with Crippen LogP contribution in [-0.2, 0) is 11.3 Å². The zero-order chi connectivity index (χ0) is 11.4. The first-order chi connectivity index (χ1) is 7.59. The summed E-state index contributed by atoms with van der Waals surface area (Å²) in [5.41, 5.74) is 1.71. The van der Waals surface area contributed by atoms with E-state index in [1.807, 2.05) is 0 Å². The highest BCUT2D eigenvalue weighted by molar-refractivity contribution is 6.35. The number of nitrogens with zero attached hydrogens (tertiary/aromatic N) is 2. The summed E-state index contributed by atoms with van der Waals surface area (Å²) >= 11 is 6.06. The minimum Gasteiger partial charge on any atom is -0.311 e. The van der Waals surface area contributed by atoms with Gasteiger partial charge in [-0.25, -0.2) is 4.79 Å². The van der Waals surface area contributed by atoms with Crippen LogP contribution in [0.2, 0.25) is 5.02 Å². The molecule has 0 saturated carbocycles. The molecule has 3 rings (SSSR count). The van der Waals surface area contributed by atoms with E-state index in [4.69, 9.17) is 11.6 Å². The van der Waals surface area contributed by atoms with Crippen LogP contribution < -0.4 is 10.6 Å². The van der Waals surface area contributed by atoms with E-state index in [-0.39, 0.29) is 18.1 Å². The summed E-state index contributed by atoms with van der Waals surface area (Å²) in [5.74, 6) is -0.149. The summed E-state index contributed by atoms with van der Waals surface area (Å²) < 4.78 is 1.42. The Morgan fingerprint density at radius 3 is 2.88 bits per heavy atom. The maximum Gasteiger partial charge on any atom is 0.327 e. The number of likely N-dealkylation sites (N-methyl/N-ethyl adjacent to an activating group) is 1. The van der Waals surface area contributed by atoms with Gasteiger partial charge in [0.15, 0.2) is 0 Å². The number of halogens is 1. The molecular formula is C10H8ClN3O2. The van der Waals surface area contributed by atoms with Crippen molar-refractivity contribution in [3.63, 3.8) is 0 Å². The molecule has 1 aliphatic heterocycles. The van der Waals surface area contributed by atoms with Crippen LogP contribution in [0.3, 0.4) is 0 Å². The summed E-state index contributed by atoms with van der Waals surface area (Å²) in [5, 5.41) is 0.468. The summed E-state index contributed by atoms with van der Waals surface area (Å²) in [7, 11) is 1.66. The van der Waals surface area contributed by atoms with Gasteiger partial charge in [-0.1, -0.05) is 11.6 Å². The molecule has 0 fully saturated rings. The van der Waals surface area contributed by atoms with Crippen molar-refractivity contribution in [2.75, 3.05) is 11.9 Å². The zero-order valence-corrected chi connectivity index (χ0v) is 9.21. The fourth-order valence-electron chi connectivity index (χ4n) is 2.05. The molecule has 0 radical (unpaired) electrons. The number of anilines is 1. The lowest BCUT2D eigenvalue weighted by molar-refractivity contribution is -0.119. The highest BCUT2D eigenvalue weighted by Gasteiger charge is 2.26. The number of rotatable bonds is 0. The maximum absolute atomic E-state index is 11.7. The van der Waals surface area contributed by atoms with E-state index in [2.05, 4.69) is 4.98 Å². The van der Waals surface area contributed by atoms with Crippen molar-refractivity contribution in [1.29, 1.82) is 0 Å². The average Bonchev–Trinajstić information content (AvgIpc) is 2.55. The van der Waals surface area contributed by atoms with Gasteiger partial charge in [0.25, 0.3) is 0 Å². The quantitative estimate of drug-likeness (QED) is 0.742. The topological polar surface area (TPSA) is 58.1 Å². The summed E-state index contributed by atoms with van der Waals surface area (Å²) in [6.45, 7) is 0.0582. The molecule has 1 aliphatic rings. The molecule has 1 N–H and O–H groups in total. The molecule has 0 atom stereocenters. The van der Waals surface area contributed by atoms with Crippen LogP contribution in [0.4, 0.5) is 5.69 Å². The number of hydrogen-bond acceptors (Lipinski definition) is 2. The number of carbonyl (C=O) groups is 1. The number of aromatic nitrogens is 2. The van der Waals surface area contributed by atoms with Crippen molar-refractivity contribution in [2.45, 2.75) is 6.54 Å². The van der Waals surface area contributed by atoms with Crippen LogP contribution in [0.25, 0.3) is 11.0 Å². The SMILES string of the molecule is CN1C(=O)Cn2c(=O)[nH]c3ccc(Cl)c1c32. The highest BCUT2D eigenvalue weighted by Crippen LogP contribution is 2.34. The molecule has 5 nitrogen and oxygen atoms in total. The third kappa shape index (κ3) is 1.01. The standard InChI is InChI=1S/C10H8ClN3O2/c1-13-7(15)4-14-9-6(12-10(14)16)3-2-5(11)8(9)13/h2-3H,4H2,1H3,(H,12,16). The fraction of sp³-hybridized carbons (Fsp3) is 0.200. The Morgan fingerprint density at radius 1 is 1.38 bits per heavy atom. The van der Waals surface area contributed by atoms with E-state index in [1.165, 1.54) is 9.47 Å². The van der Waals surface area contributed by atoms with Crippen molar-refractivity contribution < 1.29 is 4.79 Å². The lowest BCUT2D eigenvalue weighted by Gasteiger charge is -2.24. The van der Waals surface area contributed by atoms with E-state index < -0.39 is 0 Å². The Bertz CT molecular complexity index is 670. The Morgan fingerprint density at radius 2 is 2.12 bits per heavy atom. The predicted octanol–water partition coefficient (Wildman–Crippen LogP) is 0.959. The molecular weight excluding hydrogens is 230 g/mol. The van der Waals surface area contributed by atoms with Crippen LogP contribution in [0.1, 0.15) is 0 Å². The van der Waals surface area contributed by atoms with Crippen molar-refractivity contribution in [3.05, 3.63) is 27.6 Å². The van der Waals surface area contributed by atoms with Gasteiger partial charge >= 0.3 is 5.69 Å². The minimum absolute atomic E-state index is 0.0582. The van der Waals surface area contributed by atoms with Gasteiger partial charge < -0.3 is 9.88 Å². The number of nitrogens with one attached hydrogen (secondary N) is 1. The summed E-state index contributed by atoms with van der Waals surface area (Å²) in [4.78, 5) is 27.5. The second-order valence-corrected chi connectivity index (χ2v) is 4.17. The first-order valence-electron chi connectivity index (χ1n) is 4.77. The maximum atomic E-state index is 11.7. The smallest absolute Gasteiger partial charge is 0.311 e. The van der Waals surface area contributed by atoms with E-state index >= 15 is 0 Å². The van der Waals surface area contributed by atoms with E-state index in [9.17, 15) is 9.59 Å². The van der Waals surface area contributed by atoms with E-state index in [0.29, 0.717) is 21.7 Å². The monoisotopic (exact) mass is 237 g/mol. The molecule has 0 spiro atoms. The third-order valence-corrected chi connectivity index (χ3v) is 3.17. The number of imidazole rings is 1. The molecule has 1 aromatic carbocycles. The Balaban J connectivity index is 2.55. The van der Waals surface area contributed by atoms with Gasteiger partial charge in [0.05, 0.1) is 21.7 Å². The van der Waals surface area contributed by atoms with Crippen LogP contribution >= 0.6 is 11.6 Å². The van der Waals surface area contributed by atoms with Gasteiger partial charge in [0, 0.05) is 7.05 Å². The van der Waals surface area contributed by atoms with E-state index in [0.717, 1.165) is 0 Å². The molecule has 2 aromatic rings. The van der Waals surface area contributed by atoms with Crippen molar-refractivity contribution in [3.8, 4) is 0 Å². The first kappa shape index (κ1) is 9.47. The molecule has 82 valence electrons. The lowest BCUT2D eigenvalue weighted by Crippen LogP contribution is -2.37. The van der Waals surface area contributed by atoms with Gasteiger partial charge in [0.1, 0.15) is 6.54 Å². The normalized spacial score (nSPS) is 14.9. The molecule has 0 saturated heterocycles. The minimum atomic E-state index is -0.278. The molecule has 16 heavy (non-hydrogen) atoms. The van der Waals surface area contributed by atoms with Crippen molar-refractivity contribution in [2.24, 2.45) is 0 Å². The van der Waals surface area contributed by atoms with E-state index in [1.54, 1.807) is 19.2 Å². The van der Waals surface area contributed by atoms with Crippen molar-refractivity contribution in [1.82, 2.24) is 9.55 Å². The average molecular weight is 238 g/mol. The van der Waals surface area contributed by atoms with Gasteiger partial charge in [-0.2, -0.15) is 0 Å². The first-order valence-corrected chi connectivity index (χ1v) is 5.15. The third-order valence-electron chi connectivity index (χ3n) is 2.86. The molecule has 0 bridgehead atoms. The molecule has 6 heteroatoms. The number of hydrogen-bond donors (Lipinski definition) is 1. The van der Waals surface area contributed by atoms with Crippen molar-refractivity contribution >= 4 is 34.2 Å². The summed E-state index contributed by atoms with van der Waals surface area (Å²) in [6, 6.07) is 3.41. The van der Waals surface area contributed by atoms with Gasteiger partial charge in [-0.3, -0.25) is 9.36 Å². The molecule has 0 unspecified atom stereocenters. The number of amides is 1. The molecule has 2 heterocycles. The summed E-state index contributed by atoms with van der Waals surface area (Å²) in [6.07, 6.45) is 0. The molecule has 1 amide bonds. The lowest BCUT2D eigenvalue weighted by atomic mass is 10.2. The van der Waals surface area contributed by atoms with Gasteiger partial charge in [-0.05, 0) is 12.1 Å². The Hall–Kier alpha value is -1.75. The fourth-order valence-corrected chi connectivity index (χ4v) is 2.33. The molecule has 1 aromatic heterocycles. The van der Waals surface area contributed by atoms with Gasteiger partial charge in [0.2, 0.25) is 5.91 Å². The Kier molecular flexibility index (Phi) is 1.71.